The van der Waals surface area contributed by atoms with E-state index in [9.17, 15) is 0 Å². The van der Waals surface area contributed by atoms with Crippen molar-refractivity contribution in [2.24, 2.45) is 5.92 Å². The van der Waals surface area contributed by atoms with E-state index in [0.29, 0.717) is 6.04 Å². The summed E-state index contributed by atoms with van der Waals surface area (Å²) in [5, 5.41) is 3.69. The van der Waals surface area contributed by atoms with Crippen molar-refractivity contribution in [2.45, 2.75) is 58.5 Å². The number of halogens is 1. The lowest BCUT2D eigenvalue weighted by Gasteiger charge is -2.28. The normalized spacial score (nSPS) is 18.8. The largest absolute Gasteiger partial charge is 0.310 e. The Kier molecular flexibility index (Phi) is 5.25. The van der Waals surface area contributed by atoms with Gasteiger partial charge in [-0.15, -0.1) is 0 Å². The van der Waals surface area contributed by atoms with Crippen LogP contribution < -0.4 is 5.32 Å². The van der Waals surface area contributed by atoms with E-state index < -0.39 is 0 Å². The number of benzene rings is 1. The highest BCUT2D eigenvalue weighted by Gasteiger charge is 2.19. The molecule has 1 fully saturated rings. The summed E-state index contributed by atoms with van der Waals surface area (Å²) in [6.45, 7) is 5.46. The average molecular weight is 310 g/mol. The Morgan fingerprint density at radius 2 is 2.00 bits per heavy atom. The Morgan fingerprint density at radius 1 is 1.28 bits per heavy atom. The molecule has 1 atom stereocenters. The highest BCUT2D eigenvalue weighted by Crippen LogP contribution is 2.26. The summed E-state index contributed by atoms with van der Waals surface area (Å²) in [5.74, 6) is 0.882. The second-order valence-corrected chi connectivity index (χ2v) is 6.51. The number of aryl methyl sites for hydroxylation is 1. The fraction of sp³-hybridized carbons (Fsp3) is 0.625. The van der Waals surface area contributed by atoms with Crippen LogP contribution in [-0.2, 0) is 6.54 Å². The van der Waals surface area contributed by atoms with Crippen LogP contribution in [-0.4, -0.2) is 6.04 Å². The third-order valence-corrected chi connectivity index (χ3v) is 5.08. The number of rotatable bonds is 4. The molecule has 0 unspecified atom stereocenters. The van der Waals surface area contributed by atoms with E-state index in [1.807, 2.05) is 0 Å². The van der Waals surface area contributed by atoms with E-state index in [-0.39, 0.29) is 0 Å². The molecule has 1 aromatic carbocycles. The van der Waals surface area contributed by atoms with E-state index in [2.05, 4.69) is 53.3 Å². The molecule has 0 spiro atoms. The molecule has 2 heteroatoms. The maximum atomic E-state index is 3.69. The fourth-order valence-corrected chi connectivity index (χ4v) is 3.25. The molecule has 1 aromatic rings. The summed E-state index contributed by atoms with van der Waals surface area (Å²) in [7, 11) is 0. The van der Waals surface area contributed by atoms with Gasteiger partial charge in [-0.25, -0.2) is 0 Å². The van der Waals surface area contributed by atoms with Gasteiger partial charge in [0.05, 0.1) is 0 Å². The first kappa shape index (κ1) is 14.1. The first-order valence-electron chi connectivity index (χ1n) is 7.15. The van der Waals surface area contributed by atoms with E-state index >= 15 is 0 Å². The SMILES string of the molecule is Cc1ccc(CN[C@H](C)C2CCCCC2)cc1Br. The molecule has 0 saturated heterocycles. The Bertz CT molecular complexity index is 383. The minimum absolute atomic E-state index is 0.644. The van der Waals surface area contributed by atoms with Gasteiger partial charge in [0.2, 0.25) is 0 Å². The maximum Gasteiger partial charge on any atom is 0.0208 e. The molecular weight excluding hydrogens is 286 g/mol. The Morgan fingerprint density at radius 3 is 2.67 bits per heavy atom. The lowest BCUT2D eigenvalue weighted by atomic mass is 9.84. The van der Waals surface area contributed by atoms with Gasteiger partial charge in [-0.1, -0.05) is 47.3 Å². The van der Waals surface area contributed by atoms with Gasteiger partial charge in [0.15, 0.2) is 0 Å². The summed E-state index contributed by atoms with van der Waals surface area (Å²) in [5.41, 5.74) is 2.68. The van der Waals surface area contributed by atoms with E-state index in [4.69, 9.17) is 0 Å². The average Bonchev–Trinajstić information content (AvgIpc) is 2.41. The standard InChI is InChI=1S/C16H24BrN/c1-12-8-9-14(10-16(12)17)11-18-13(2)15-6-4-3-5-7-15/h8-10,13,15,18H,3-7,11H2,1-2H3/t13-/m1/s1. The molecule has 0 radical (unpaired) electrons. The van der Waals surface area contributed by atoms with Crippen LogP contribution in [0.2, 0.25) is 0 Å². The highest BCUT2D eigenvalue weighted by atomic mass is 79.9. The summed E-state index contributed by atoms with van der Waals surface area (Å²) < 4.78 is 1.21. The monoisotopic (exact) mass is 309 g/mol. The molecule has 100 valence electrons. The third-order valence-electron chi connectivity index (χ3n) is 4.22. The molecule has 2 rings (SSSR count). The zero-order valence-corrected chi connectivity index (χ0v) is 13.1. The van der Waals surface area contributed by atoms with Crippen LogP contribution in [0.25, 0.3) is 0 Å². The number of hydrogen-bond acceptors (Lipinski definition) is 1. The quantitative estimate of drug-likeness (QED) is 0.841. The molecular formula is C16H24BrN. The minimum atomic E-state index is 0.644. The summed E-state index contributed by atoms with van der Waals surface area (Å²) >= 11 is 3.60. The molecule has 0 heterocycles. The van der Waals surface area contributed by atoms with E-state index in [1.165, 1.54) is 47.7 Å². The molecule has 0 amide bonds. The summed E-state index contributed by atoms with van der Waals surface area (Å²) in [6, 6.07) is 7.29. The van der Waals surface area contributed by atoms with Crippen molar-refractivity contribution in [1.82, 2.24) is 5.32 Å². The lowest BCUT2D eigenvalue weighted by Crippen LogP contribution is -2.34. The molecule has 0 bridgehead atoms. The highest BCUT2D eigenvalue weighted by molar-refractivity contribution is 9.10. The van der Waals surface area contributed by atoms with E-state index in [1.54, 1.807) is 0 Å². The van der Waals surface area contributed by atoms with Gasteiger partial charge in [-0.05, 0) is 49.8 Å². The molecule has 0 aliphatic heterocycles. The minimum Gasteiger partial charge on any atom is -0.310 e. The van der Waals surface area contributed by atoms with Crippen LogP contribution in [0.15, 0.2) is 22.7 Å². The second-order valence-electron chi connectivity index (χ2n) is 5.65. The number of hydrogen-bond donors (Lipinski definition) is 1. The van der Waals surface area contributed by atoms with Gasteiger partial charge < -0.3 is 5.32 Å². The van der Waals surface area contributed by atoms with Crippen molar-refractivity contribution in [3.8, 4) is 0 Å². The van der Waals surface area contributed by atoms with Crippen LogP contribution in [0.1, 0.15) is 50.2 Å². The molecule has 1 aliphatic carbocycles. The van der Waals surface area contributed by atoms with Gasteiger partial charge >= 0.3 is 0 Å². The Labute approximate surface area is 119 Å². The second kappa shape index (κ2) is 6.72. The van der Waals surface area contributed by atoms with Crippen LogP contribution >= 0.6 is 15.9 Å². The lowest BCUT2D eigenvalue weighted by molar-refractivity contribution is 0.280. The van der Waals surface area contributed by atoms with Gasteiger partial charge in [0, 0.05) is 17.1 Å². The molecule has 1 nitrogen and oxygen atoms in total. The van der Waals surface area contributed by atoms with Crippen LogP contribution in [0, 0.1) is 12.8 Å². The van der Waals surface area contributed by atoms with E-state index in [0.717, 1.165) is 12.5 Å². The van der Waals surface area contributed by atoms with Crippen molar-refractivity contribution in [3.63, 3.8) is 0 Å². The Balaban J connectivity index is 1.84. The maximum absolute atomic E-state index is 3.69. The summed E-state index contributed by atoms with van der Waals surface area (Å²) in [4.78, 5) is 0. The molecule has 1 aliphatic rings. The number of nitrogens with one attached hydrogen (secondary N) is 1. The predicted octanol–water partition coefficient (Wildman–Crippen LogP) is 4.82. The van der Waals surface area contributed by atoms with Crippen LogP contribution in [0.4, 0.5) is 0 Å². The van der Waals surface area contributed by atoms with Gasteiger partial charge in [-0.3, -0.25) is 0 Å². The zero-order valence-electron chi connectivity index (χ0n) is 11.5. The molecule has 1 N–H and O–H groups in total. The van der Waals surface area contributed by atoms with Crippen molar-refractivity contribution >= 4 is 15.9 Å². The molecule has 18 heavy (non-hydrogen) atoms. The van der Waals surface area contributed by atoms with Crippen LogP contribution in [0.3, 0.4) is 0 Å². The molecule has 1 saturated carbocycles. The van der Waals surface area contributed by atoms with Crippen molar-refractivity contribution in [3.05, 3.63) is 33.8 Å². The topological polar surface area (TPSA) is 12.0 Å². The van der Waals surface area contributed by atoms with Crippen molar-refractivity contribution < 1.29 is 0 Å². The predicted molar refractivity (Wildman–Crippen MR) is 81.8 cm³/mol. The third kappa shape index (κ3) is 3.83. The fourth-order valence-electron chi connectivity index (χ4n) is 2.83. The van der Waals surface area contributed by atoms with Crippen molar-refractivity contribution in [1.29, 1.82) is 0 Å². The van der Waals surface area contributed by atoms with Crippen LogP contribution in [0.5, 0.6) is 0 Å². The van der Waals surface area contributed by atoms with Gasteiger partial charge in [0.25, 0.3) is 0 Å². The summed E-state index contributed by atoms with van der Waals surface area (Å²) in [6.07, 6.45) is 7.10. The van der Waals surface area contributed by atoms with Gasteiger partial charge in [-0.2, -0.15) is 0 Å². The Hall–Kier alpha value is -0.340. The first-order chi connectivity index (χ1) is 8.66. The van der Waals surface area contributed by atoms with Gasteiger partial charge in [0.1, 0.15) is 0 Å². The van der Waals surface area contributed by atoms with Crippen molar-refractivity contribution in [2.75, 3.05) is 0 Å². The first-order valence-corrected chi connectivity index (χ1v) is 7.94. The molecule has 0 aromatic heterocycles. The smallest absolute Gasteiger partial charge is 0.0208 e. The zero-order chi connectivity index (χ0) is 13.0.